The molecule has 0 atom stereocenters. The molecule has 1 rings (SSSR count). The fourth-order valence-corrected chi connectivity index (χ4v) is 0.928. The van der Waals surface area contributed by atoms with Crippen LogP contribution in [0.4, 0.5) is 11.5 Å². The minimum Gasteiger partial charge on any atom is -0.422 e. The first-order valence-electron chi connectivity index (χ1n) is 3.82. The molecule has 0 radical (unpaired) electrons. The summed E-state index contributed by atoms with van der Waals surface area (Å²) in [6.45, 7) is 2.01. The van der Waals surface area contributed by atoms with Crippen LogP contribution in [0.5, 0.6) is 0 Å². The number of nitrogens with zero attached hydrogens (tertiary/aromatic N) is 3. The van der Waals surface area contributed by atoms with Gasteiger partial charge in [-0.25, -0.2) is 4.79 Å². The molecule has 0 fully saturated rings. The van der Waals surface area contributed by atoms with E-state index in [1.165, 1.54) is 0 Å². The minimum absolute atomic E-state index is 0.0456. The van der Waals surface area contributed by atoms with Crippen LogP contribution in [0, 0.1) is 0 Å². The Labute approximate surface area is 78.3 Å². The Morgan fingerprint density at radius 3 is 2.43 bits per heavy atom. The van der Waals surface area contributed by atoms with E-state index in [4.69, 9.17) is 16.7 Å². The fourth-order valence-electron chi connectivity index (χ4n) is 0.928. The number of hydrogen-bond donors (Lipinski definition) is 4. The molecular weight excluding hydrogens is 190 g/mol. The molecule has 0 amide bonds. The molecule has 0 aliphatic carbocycles. The predicted molar refractivity (Wildman–Crippen MR) is 48.0 cm³/mol. The van der Waals surface area contributed by atoms with Gasteiger partial charge in [0.1, 0.15) is 5.69 Å². The van der Waals surface area contributed by atoms with E-state index < -0.39 is 5.69 Å². The van der Waals surface area contributed by atoms with Crippen LogP contribution in [-0.4, -0.2) is 26.4 Å². The third kappa shape index (κ3) is 1.26. The van der Waals surface area contributed by atoms with Crippen molar-refractivity contribution in [2.75, 3.05) is 18.0 Å². The molecule has 1 aromatic heterocycles. The van der Waals surface area contributed by atoms with E-state index in [1.807, 2.05) is 0 Å². The second-order valence-corrected chi connectivity index (χ2v) is 2.50. The highest BCUT2D eigenvalue weighted by Gasteiger charge is 2.11. The first-order valence-corrected chi connectivity index (χ1v) is 3.82. The van der Waals surface area contributed by atoms with E-state index in [2.05, 4.69) is 4.99 Å². The average Bonchev–Trinajstić information content (AvgIpc) is 2.19. The minimum atomic E-state index is -1.12. The molecule has 0 spiro atoms. The zero-order valence-electron chi connectivity index (χ0n) is 7.51. The summed E-state index contributed by atoms with van der Waals surface area (Å²) in [5.74, 6) is -0.354. The van der Waals surface area contributed by atoms with Crippen molar-refractivity contribution in [2.24, 2.45) is 4.99 Å². The molecule has 1 aromatic rings. The number of rotatable bonds is 1. The van der Waals surface area contributed by atoms with Crippen LogP contribution in [0.25, 0.3) is 0 Å². The summed E-state index contributed by atoms with van der Waals surface area (Å²) in [6, 6.07) is 0. The standard InChI is InChI=1S/C6H11N5O3/c1-2-9-5-3(7)4(8)10(13)6(12)11(5)14/h13-14H,2,7-8H2,1H3. The summed E-state index contributed by atoms with van der Waals surface area (Å²) >= 11 is 0. The molecule has 1 heterocycles. The van der Waals surface area contributed by atoms with Crippen LogP contribution in [-0.2, 0) is 0 Å². The van der Waals surface area contributed by atoms with Gasteiger partial charge >= 0.3 is 5.69 Å². The van der Waals surface area contributed by atoms with Crippen LogP contribution in [0.3, 0.4) is 0 Å². The van der Waals surface area contributed by atoms with Gasteiger partial charge in [0, 0.05) is 6.54 Å². The van der Waals surface area contributed by atoms with Crippen LogP contribution in [0.1, 0.15) is 6.92 Å². The van der Waals surface area contributed by atoms with Gasteiger partial charge in [-0.2, -0.15) is 0 Å². The molecular formula is C6H11N5O3. The molecule has 0 aliphatic rings. The molecule has 0 aromatic carbocycles. The summed E-state index contributed by atoms with van der Waals surface area (Å²) in [5, 5.41) is 18.2. The lowest BCUT2D eigenvalue weighted by Gasteiger charge is -2.07. The van der Waals surface area contributed by atoms with Gasteiger partial charge in [0.05, 0.1) is 0 Å². The van der Waals surface area contributed by atoms with Crippen LogP contribution in [0.2, 0.25) is 0 Å². The van der Waals surface area contributed by atoms with Gasteiger partial charge in [0.2, 0.25) is 0 Å². The Bertz CT molecular complexity index is 472. The lowest BCUT2D eigenvalue weighted by molar-refractivity contribution is 0.105. The first-order chi connectivity index (χ1) is 6.50. The number of nitrogen functional groups attached to an aromatic ring is 2. The second-order valence-electron chi connectivity index (χ2n) is 2.50. The first kappa shape index (κ1) is 9.96. The number of anilines is 2. The van der Waals surface area contributed by atoms with Crippen molar-refractivity contribution >= 4 is 11.5 Å². The summed E-state index contributed by atoms with van der Waals surface area (Å²) < 4.78 is 0.180. The van der Waals surface area contributed by atoms with Gasteiger partial charge < -0.3 is 21.9 Å². The number of aromatic nitrogens is 2. The van der Waals surface area contributed by atoms with Crippen molar-refractivity contribution < 1.29 is 10.4 Å². The normalized spacial score (nSPS) is 11.9. The number of nitrogens with two attached hydrogens (primary N) is 2. The zero-order valence-corrected chi connectivity index (χ0v) is 7.51. The third-order valence-electron chi connectivity index (χ3n) is 1.62. The van der Waals surface area contributed by atoms with Crippen molar-refractivity contribution in [1.82, 2.24) is 9.46 Å². The Kier molecular flexibility index (Phi) is 2.36. The molecule has 0 bridgehead atoms. The molecule has 6 N–H and O–H groups in total. The second kappa shape index (κ2) is 3.32. The molecule has 8 nitrogen and oxygen atoms in total. The molecule has 8 heteroatoms. The lowest BCUT2D eigenvalue weighted by atomic mass is 10.5. The van der Waals surface area contributed by atoms with Crippen molar-refractivity contribution in [3.05, 3.63) is 16.0 Å². The van der Waals surface area contributed by atoms with E-state index >= 15 is 0 Å². The quantitative estimate of drug-likeness (QED) is 0.398. The molecule has 0 saturated carbocycles. The highest BCUT2D eigenvalue weighted by atomic mass is 16.5. The fraction of sp³-hybridized carbons (Fsp3) is 0.333. The Hall–Kier alpha value is -2.12. The van der Waals surface area contributed by atoms with E-state index in [1.54, 1.807) is 6.92 Å². The highest BCUT2D eigenvalue weighted by molar-refractivity contribution is 5.55. The lowest BCUT2D eigenvalue weighted by Crippen LogP contribution is -2.41. The van der Waals surface area contributed by atoms with Crippen molar-refractivity contribution in [3.8, 4) is 0 Å². The maximum atomic E-state index is 11.1. The van der Waals surface area contributed by atoms with E-state index in [9.17, 15) is 10.0 Å². The Morgan fingerprint density at radius 1 is 1.36 bits per heavy atom. The van der Waals surface area contributed by atoms with Crippen LogP contribution >= 0.6 is 0 Å². The Morgan fingerprint density at radius 2 is 1.93 bits per heavy atom. The van der Waals surface area contributed by atoms with Crippen molar-refractivity contribution in [2.45, 2.75) is 6.92 Å². The molecule has 14 heavy (non-hydrogen) atoms. The van der Waals surface area contributed by atoms with Gasteiger partial charge in [-0.05, 0) is 6.92 Å². The van der Waals surface area contributed by atoms with Gasteiger partial charge in [-0.1, -0.05) is 0 Å². The van der Waals surface area contributed by atoms with E-state index in [0.29, 0.717) is 6.54 Å². The van der Waals surface area contributed by atoms with Gasteiger partial charge in [0.15, 0.2) is 11.3 Å². The van der Waals surface area contributed by atoms with Gasteiger partial charge in [-0.15, -0.1) is 9.46 Å². The molecule has 0 unspecified atom stereocenters. The average molecular weight is 201 g/mol. The van der Waals surface area contributed by atoms with Gasteiger partial charge in [0.25, 0.3) is 0 Å². The third-order valence-corrected chi connectivity index (χ3v) is 1.62. The summed E-state index contributed by atoms with van der Waals surface area (Å²) in [7, 11) is 0. The molecule has 0 aliphatic heterocycles. The molecule has 0 saturated heterocycles. The maximum Gasteiger partial charge on any atom is 0.397 e. The monoisotopic (exact) mass is 201 g/mol. The summed E-state index contributed by atoms with van der Waals surface area (Å²) in [6.07, 6.45) is 0. The summed E-state index contributed by atoms with van der Waals surface area (Å²) in [5.41, 5.74) is 9.26. The Balaban J connectivity index is 3.79. The van der Waals surface area contributed by atoms with Crippen molar-refractivity contribution in [1.29, 1.82) is 0 Å². The zero-order chi connectivity index (χ0) is 10.9. The van der Waals surface area contributed by atoms with E-state index in [-0.39, 0.29) is 26.5 Å². The van der Waals surface area contributed by atoms with E-state index in [0.717, 1.165) is 0 Å². The van der Waals surface area contributed by atoms with Gasteiger partial charge in [-0.3, -0.25) is 4.99 Å². The topological polar surface area (TPSA) is 132 Å². The highest BCUT2D eigenvalue weighted by Crippen LogP contribution is 2.02. The van der Waals surface area contributed by atoms with Crippen LogP contribution in [0.15, 0.2) is 9.79 Å². The predicted octanol–water partition coefficient (Wildman–Crippen LogP) is -1.79. The summed E-state index contributed by atoms with van der Waals surface area (Å²) in [4.78, 5) is 14.8. The van der Waals surface area contributed by atoms with Crippen molar-refractivity contribution in [3.63, 3.8) is 0 Å². The van der Waals surface area contributed by atoms with Crippen LogP contribution < -0.4 is 22.6 Å². The molecule has 78 valence electrons. The largest absolute Gasteiger partial charge is 0.422 e. The SMILES string of the molecule is CCN=c1c(N)c(N)n(O)c(=O)n1O. The number of hydrogen-bond acceptors (Lipinski definition) is 6. The smallest absolute Gasteiger partial charge is 0.397 e. The maximum absolute atomic E-state index is 11.1.